The molecule has 1 unspecified atom stereocenters. The second-order valence-corrected chi connectivity index (χ2v) is 6.24. The predicted molar refractivity (Wildman–Crippen MR) is 103 cm³/mol. The highest BCUT2D eigenvalue weighted by Gasteiger charge is 2.17. The van der Waals surface area contributed by atoms with Crippen LogP contribution in [0.15, 0.2) is 48.7 Å². The summed E-state index contributed by atoms with van der Waals surface area (Å²) in [7, 11) is 1.77. The molecule has 0 aliphatic rings. The number of H-pyrrole nitrogens is 1. The van der Waals surface area contributed by atoms with Crippen LogP contribution >= 0.6 is 0 Å². The van der Waals surface area contributed by atoms with E-state index < -0.39 is 0 Å². The quantitative estimate of drug-likeness (QED) is 0.617. The van der Waals surface area contributed by atoms with Gasteiger partial charge in [-0.15, -0.1) is 0 Å². The van der Waals surface area contributed by atoms with Crippen LogP contribution in [0.4, 0.5) is 5.82 Å². The number of aliphatic hydroxyl groups is 1. The smallest absolute Gasteiger partial charge is 0.246 e. The van der Waals surface area contributed by atoms with E-state index >= 15 is 0 Å². The van der Waals surface area contributed by atoms with Crippen molar-refractivity contribution in [2.24, 2.45) is 0 Å². The molecule has 0 spiro atoms. The van der Waals surface area contributed by atoms with Crippen LogP contribution in [0.5, 0.6) is 0 Å². The van der Waals surface area contributed by atoms with Crippen LogP contribution in [0.1, 0.15) is 29.8 Å². The van der Waals surface area contributed by atoms with Gasteiger partial charge in [-0.1, -0.05) is 18.2 Å². The lowest BCUT2D eigenvalue weighted by Gasteiger charge is -2.22. The van der Waals surface area contributed by atoms with Gasteiger partial charge in [-0.2, -0.15) is 0 Å². The number of pyridine rings is 1. The molecule has 2 heterocycles. The van der Waals surface area contributed by atoms with Crippen molar-refractivity contribution in [3.63, 3.8) is 0 Å². The van der Waals surface area contributed by atoms with Crippen molar-refractivity contribution >= 4 is 28.7 Å². The number of nitrogens with one attached hydrogen (secondary N) is 1. The van der Waals surface area contributed by atoms with Gasteiger partial charge < -0.3 is 20.7 Å². The Bertz CT molecular complexity index is 928. The largest absolute Gasteiger partial charge is 0.392 e. The summed E-state index contributed by atoms with van der Waals surface area (Å²) in [6, 6.07) is 11.7. The molecule has 3 rings (SSSR count). The van der Waals surface area contributed by atoms with Crippen LogP contribution < -0.4 is 5.73 Å². The Labute approximate surface area is 152 Å². The number of para-hydroxylation sites is 1. The fraction of sp³-hybridized carbons (Fsp3) is 0.200. The molecule has 6 nitrogen and oxygen atoms in total. The summed E-state index contributed by atoms with van der Waals surface area (Å²) < 4.78 is 0. The summed E-state index contributed by atoms with van der Waals surface area (Å²) in [5.74, 6) is 0.166. The molecule has 1 amide bonds. The SMILES string of the molecule is CC(c1cc2ccccc2[nH]1)N(C)C(=O)/C=C/c1cnc(N)c(CO)c1. The molecule has 2 aromatic heterocycles. The number of benzene rings is 1. The lowest BCUT2D eigenvalue weighted by atomic mass is 10.1. The number of carbonyl (C=O) groups is 1. The van der Waals surface area contributed by atoms with Gasteiger partial charge in [-0.05, 0) is 42.1 Å². The standard InChI is InChI=1S/C20H22N4O2/c1-13(18-10-15-5-3-4-6-17(15)23-18)24(2)19(26)8-7-14-9-16(12-25)20(21)22-11-14/h3-11,13,23,25H,12H2,1-2H3,(H2,21,22)/b8-7+. The molecular weight excluding hydrogens is 328 g/mol. The summed E-state index contributed by atoms with van der Waals surface area (Å²) in [6.45, 7) is 1.79. The average Bonchev–Trinajstić information content (AvgIpc) is 3.10. The summed E-state index contributed by atoms with van der Waals surface area (Å²) >= 11 is 0. The van der Waals surface area contributed by atoms with Gasteiger partial charge in [-0.25, -0.2) is 4.98 Å². The third kappa shape index (κ3) is 3.60. The Morgan fingerprint density at radius 1 is 1.38 bits per heavy atom. The molecule has 0 radical (unpaired) electrons. The first-order valence-corrected chi connectivity index (χ1v) is 8.37. The van der Waals surface area contributed by atoms with Gasteiger partial charge in [0.2, 0.25) is 5.91 Å². The summed E-state index contributed by atoms with van der Waals surface area (Å²) in [5.41, 5.74) is 8.95. The topological polar surface area (TPSA) is 95.2 Å². The van der Waals surface area contributed by atoms with E-state index in [1.54, 1.807) is 30.3 Å². The molecular formula is C20H22N4O2. The third-order valence-electron chi connectivity index (χ3n) is 4.54. The maximum atomic E-state index is 12.5. The van der Waals surface area contributed by atoms with Crippen LogP contribution in [-0.2, 0) is 11.4 Å². The Kier molecular flexibility index (Phi) is 5.04. The lowest BCUT2D eigenvalue weighted by Crippen LogP contribution is -2.28. The second kappa shape index (κ2) is 7.41. The maximum Gasteiger partial charge on any atom is 0.246 e. The molecule has 6 heteroatoms. The summed E-state index contributed by atoms with van der Waals surface area (Å²) in [6.07, 6.45) is 4.73. The minimum Gasteiger partial charge on any atom is -0.392 e. The Morgan fingerprint density at radius 2 is 2.15 bits per heavy atom. The molecule has 0 saturated carbocycles. The molecule has 0 aliphatic carbocycles. The number of hydrogen-bond donors (Lipinski definition) is 3. The van der Waals surface area contributed by atoms with Crippen LogP contribution in [-0.4, -0.2) is 32.9 Å². The number of hydrogen-bond acceptors (Lipinski definition) is 4. The van der Waals surface area contributed by atoms with Gasteiger partial charge in [0, 0.05) is 36.1 Å². The predicted octanol–water partition coefficient (Wildman–Crippen LogP) is 2.87. The average molecular weight is 350 g/mol. The molecule has 1 aromatic carbocycles. The first-order chi connectivity index (χ1) is 12.5. The molecule has 0 saturated heterocycles. The Morgan fingerprint density at radius 3 is 2.88 bits per heavy atom. The number of nitrogens with two attached hydrogens (primary N) is 1. The van der Waals surface area contributed by atoms with E-state index in [0.717, 1.165) is 16.6 Å². The van der Waals surface area contributed by atoms with Gasteiger partial charge in [-0.3, -0.25) is 4.79 Å². The minimum atomic E-state index is -0.189. The number of amides is 1. The van der Waals surface area contributed by atoms with E-state index in [1.807, 2.05) is 31.2 Å². The normalized spacial score (nSPS) is 12.6. The number of nitrogens with zero attached hydrogens (tertiary/aromatic N) is 2. The van der Waals surface area contributed by atoms with Crippen molar-refractivity contribution in [3.05, 3.63) is 65.5 Å². The molecule has 4 N–H and O–H groups in total. The minimum absolute atomic E-state index is 0.0999. The molecule has 0 fully saturated rings. The number of likely N-dealkylation sites (N-methyl/N-ethyl adjacent to an activating group) is 1. The number of anilines is 1. The van der Waals surface area contributed by atoms with Crippen molar-refractivity contribution in [1.82, 2.24) is 14.9 Å². The molecule has 0 bridgehead atoms. The fourth-order valence-electron chi connectivity index (χ4n) is 2.76. The zero-order valence-corrected chi connectivity index (χ0v) is 14.8. The number of nitrogen functional groups attached to an aromatic ring is 1. The van der Waals surface area contributed by atoms with Crippen LogP contribution in [0, 0.1) is 0 Å². The van der Waals surface area contributed by atoms with Gasteiger partial charge in [0.1, 0.15) is 5.82 Å². The van der Waals surface area contributed by atoms with Crippen LogP contribution in [0.3, 0.4) is 0 Å². The zero-order valence-electron chi connectivity index (χ0n) is 14.8. The molecule has 3 aromatic rings. The van der Waals surface area contributed by atoms with Crippen molar-refractivity contribution < 1.29 is 9.90 Å². The van der Waals surface area contributed by atoms with Crippen molar-refractivity contribution in [3.8, 4) is 0 Å². The van der Waals surface area contributed by atoms with Crippen LogP contribution in [0.2, 0.25) is 0 Å². The van der Waals surface area contributed by atoms with E-state index in [9.17, 15) is 9.90 Å². The Balaban J connectivity index is 1.74. The first kappa shape index (κ1) is 17.7. The first-order valence-electron chi connectivity index (χ1n) is 8.37. The maximum absolute atomic E-state index is 12.5. The molecule has 26 heavy (non-hydrogen) atoms. The number of fused-ring (bicyclic) bond motifs is 1. The van der Waals surface area contributed by atoms with Crippen molar-refractivity contribution in [2.45, 2.75) is 19.6 Å². The van der Waals surface area contributed by atoms with Gasteiger partial charge in [0.25, 0.3) is 0 Å². The van der Waals surface area contributed by atoms with E-state index in [1.165, 1.54) is 6.08 Å². The highest BCUT2D eigenvalue weighted by atomic mass is 16.3. The molecule has 134 valence electrons. The second-order valence-electron chi connectivity index (χ2n) is 6.24. The summed E-state index contributed by atoms with van der Waals surface area (Å²) in [4.78, 5) is 21.5. The van der Waals surface area contributed by atoms with E-state index in [2.05, 4.69) is 16.0 Å². The number of carbonyl (C=O) groups excluding carboxylic acids is 1. The van der Waals surface area contributed by atoms with E-state index in [-0.39, 0.29) is 18.6 Å². The number of rotatable bonds is 5. The summed E-state index contributed by atoms with van der Waals surface area (Å²) in [5, 5.41) is 10.4. The number of aromatic nitrogens is 2. The fourth-order valence-corrected chi connectivity index (χ4v) is 2.76. The van der Waals surface area contributed by atoms with Gasteiger partial charge in [0.05, 0.1) is 12.6 Å². The van der Waals surface area contributed by atoms with Crippen molar-refractivity contribution in [1.29, 1.82) is 0 Å². The number of aliphatic hydroxyl groups excluding tert-OH is 1. The third-order valence-corrected chi connectivity index (χ3v) is 4.54. The Hall–Kier alpha value is -3.12. The zero-order chi connectivity index (χ0) is 18.7. The monoisotopic (exact) mass is 350 g/mol. The van der Waals surface area contributed by atoms with Gasteiger partial charge >= 0.3 is 0 Å². The number of aromatic amines is 1. The molecule has 1 atom stereocenters. The lowest BCUT2D eigenvalue weighted by molar-refractivity contribution is -0.126. The van der Waals surface area contributed by atoms with Crippen LogP contribution in [0.25, 0.3) is 17.0 Å². The van der Waals surface area contributed by atoms with Crippen molar-refractivity contribution in [2.75, 3.05) is 12.8 Å². The van der Waals surface area contributed by atoms with Gasteiger partial charge in [0.15, 0.2) is 0 Å². The highest BCUT2D eigenvalue weighted by molar-refractivity contribution is 5.92. The van der Waals surface area contributed by atoms with E-state index in [0.29, 0.717) is 16.9 Å². The molecule has 0 aliphatic heterocycles. The van der Waals surface area contributed by atoms with E-state index in [4.69, 9.17) is 5.73 Å². The highest BCUT2D eigenvalue weighted by Crippen LogP contribution is 2.23.